The SMILES string of the molecule is C/C=C/Br. The van der Waals surface area contributed by atoms with E-state index in [0.717, 1.165) is 0 Å². The summed E-state index contributed by atoms with van der Waals surface area (Å²) in [6.07, 6.45) is 1.92. The van der Waals surface area contributed by atoms with Crippen molar-refractivity contribution in [1.82, 2.24) is 0 Å². The van der Waals surface area contributed by atoms with E-state index in [1.54, 1.807) is 0 Å². The summed E-state index contributed by atoms with van der Waals surface area (Å²) in [5, 5.41) is 0. The summed E-state index contributed by atoms with van der Waals surface area (Å²) in [5.74, 6) is 0. The van der Waals surface area contributed by atoms with Gasteiger partial charge >= 0.3 is 0 Å². The average molecular weight is 121 g/mol. The maximum atomic E-state index is 3.07. The number of hydrogen-bond acceptors (Lipinski definition) is 0. The number of rotatable bonds is 0. The van der Waals surface area contributed by atoms with Crippen molar-refractivity contribution in [3.63, 3.8) is 0 Å². The second-order valence-corrected chi connectivity index (χ2v) is 0.988. The van der Waals surface area contributed by atoms with Crippen LogP contribution >= 0.6 is 15.9 Å². The van der Waals surface area contributed by atoms with Gasteiger partial charge in [-0.15, -0.1) is 0 Å². The molecule has 0 N–H and O–H groups in total. The number of allylic oxidation sites excluding steroid dienone is 1. The lowest BCUT2D eigenvalue weighted by Crippen LogP contribution is -1.19. The summed E-state index contributed by atoms with van der Waals surface area (Å²) in [6, 6.07) is 0. The quantitative estimate of drug-likeness (QED) is 0.459. The first-order valence-corrected chi connectivity index (χ1v) is 2.04. The highest BCUT2D eigenvalue weighted by molar-refractivity contribution is 9.11. The van der Waals surface area contributed by atoms with Gasteiger partial charge in [-0.2, -0.15) is 0 Å². The molecule has 0 amide bonds. The van der Waals surface area contributed by atoms with E-state index in [1.165, 1.54) is 0 Å². The van der Waals surface area contributed by atoms with Crippen molar-refractivity contribution in [2.75, 3.05) is 0 Å². The average Bonchev–Trinajstić information content (AvgIpc) is 1.37. The molecule has 0 atom stereocenters. The summed E-state index contributed by atoms with van der Waals surface area (Å²) < 4.78 is 0. The predicted molar refractivity (Wildman–Crippen MR) is 23.7 cm³/mol. The molecule has 0 saturated carbocycles. The minimum Gasteiger partial charge on any atom is -0.0807 e. The van der Waals surface area contributed by atoms with Crippen molar-refractivity contribution < 1.29 is 0 Å². The lowest BCUT2D eigenvalue weighted by Gasteiger charge is -1.47. The summed E-state index contributed by atoms with van der Waals surface area (Å²) in [5.41, 5.74) is 0. The van der Waals surface area contributed by atoms with Crippen LogP contribution in [0.15, 0.2) is 11.1 Å². The molecule has 0 radical (unpaired) electrons. The Morgan fingerprint density at radius 1 is 1.75 bits per heavy atom. The molecule has 0 aliphatic heterocycles. The Hall–Kier alpha value is 0.220. The van der Waals surface area contributed by atoms with Crippen molar-refractivity contribution in [3.8, 4) is 0 Å². The molecule has 0 bridgehead atoms. The summed E-state index contributed by atoms with van der Waals surface area (Å²) >= 11 is 3.07. The zero-order chi connectivity index (χ0) is 3.41. The Balaban J connectivity index is 2.55. The molecule has 0 spiro atoms. The van der Waals surface area contributed by atoms with Gasteiger partial charge in [-0.05, 0) is 11.9 Å². The van der Waals surface area contributed by atoms with Crippen LogP contribution in [0.25, 0.3) is 0 Å². The van der Waals surface area contributed by atoms with Gasteiger partial charge < -0.3 is 0 Å². The Kier molecular flexibility index (Phi) is 3.40. The molecule has 0 aliphatic carbocycles. The predicted octanol–water partition coefficient (Wildman–Crippen LogP) is 1.91. The Bertz CT molecular complexity index is 18.5. The summed E-state index contributed by atoms with van der Waals surface area (Å²) in [6.45, 7) is 1.95. The molecular formula is C3H5Br. The van der Waals surface area contributed by atoms with E-state index < -0.39 is 0 Å². The fraction of sp³-hybridized carbons (Fsp3) is 0.333. The van der Waals surface area contributed by atoms with Crippen LogP contribution < -0.4 is 0 Å². The van der Waals surface area contributed by atoms with E-state index in [0.29, 0.717) is 0 Å². The molecule has 0 aromatic carbocycles. The van der Waals surface area contributed by atoms with Gasteiger partial charge in [-0.1, -0.05) is 22.0 Å². The summed E-state index contributed by atoms with van der Waals surface area (Å²) in [4.78, 5) is 1.81. The monoisotopic (exact) mass is 120 g/mol. The molecular weight excluding hydrogens is 116 g/mol. The van der Waals surface area contributed by atoms with Gasteiger partial charge in [0.25, 0.3) is 0 Å². The lowest BCUT2D eigenvalue weighted by molar-refractivity contribution is 1.79. The Morgan fingerprint density at radius 3 is 2.00 bits per heavy atom. The summed E-state index contributed by atoms with van der Waals surface area (Å²) in [7, 11) is 0. The van der Waals surface area contributed by atoms with Crippen LogP contribution in [-0.2, 0) is 0 Å². The van der Waals surface area contributed by atoms with Crippen LogP contribution in [0.4, 0.5) is 0 Å². The second kappa shape index (κ2) is 3.22. The third kappa shape index (κ3) is 2.22. The van der Waals surface area contributed by atoms with Gasteiger partial charge in [0.2, 0.25) is 0 Å². The van der Waals surface area contributed by atoms with E-state index >= 15 is 0 Å². The minimum atomic E-state index is 1.81. The minimum absolute atomic E-state index is 1.81. The first-order chi connectivity index (χ1) is 1.91. The molecule has 0 unspecified atom stereocenters. The number of halogens is 1. The zero-order valence-electron chi connectivity index (χ0n) is 2.53. The smallest absolute Gasteiger partial charge is 0.0232 e. The number of hydrogen-bond donors (Lipinski definition) is 0. The van der Waals surface area contributed by atoms with Crippen LogP contribution in [0.2, 0.25) is 0 Å². The maximum Gasteiger partial charge on any atom is -0.0232 e. The van der Waals surface area contributed by atoms with E-state index in [1.807, 2.05) is 18.0 Å². The van der Waals surface area contributed by atoms with E-state index in [4.69, 9.17) is 0 Å². The molecule has 0 heterocycles. The molecule has 0 aromatic rings. The van der Waals surface area contributed by atoms with Crippen LogP contribution in [-0.4, -0.2) is 0 Å². The van der Waals surface area contributed by atoms with Crippen molar-refractivity contribution in [3.05, 3.63) is 11.1 Å². The molecule has 0 rings (SSSR count). The molecule has 0 aliphatic rings. The zero-order valence-corrected chi connectivity index (χ0v) is 4.12. The standard InChI is InChI=1S/C3H5Br/c1-2-3-4/h2-3H,1H3/b3-2+. The van der Waals surface area contributed by atoms with Gasteiger partial charge in [0.1, 0.15) is 0 Å². The second-order valence-electron chi connectivity index (χ2n) is 0.459. The normalized spacial score (nSPS) is 9.50. The Labute approximate surface area is 34.6 Å². The molecule has 1 heteroatoms. The van der Waals surface area contributed by atoms with Crippen LogP contribution in [0.5, 0.6) is 0 Å². The Morgan fingerprint density at radius 2 is 2.00 bits per heavy atom. The molecule has 0 aromatic heterocycles. The molecule has 0 nitrogen and oxygen atoms in total. The van der Waals surface area contributed by atoms with Gasteiger partial charge in [-0.25, -0.2) is 0 Å². The van der Waals surface area contributed by atoms with Crippen molar-refractivity contribution >= 4 is 15.9 Å². The molecule has 0 saturated heterocycles. The van der Waals surface area contributed by atoms with Gasteiger partial charge in [0.15, 0.2) is 0 Å². The molecule has 4 heavy (non-hydrogen) atoms. The van der Waals surface area contributed by atoms with Gasteiger partial charge in [0, 0.05) is 0 Å². The largest absolute Gasteiger partial charge is 0.0807 e. The van der Waals surface area contributed by atoms with Crippen molar-refractivity contribution in [1.29, 1.82) is 0 Å². The first kappa shape index (κ1) is 4.22. The highest BCUT2D eigenvalue weighted by atomic mass is 79.9. The van der Waals surface area contributed by atoms with Gasteiger partial charge in [0.05, 0.1) is 0 Å². The van der Waals surface area contributed by atoms with Gasteiger partial charge in [-0.3, -0.25) is 0 Å². The molecule has 0 fully saturated rings. The van der Waals surface area contributed by atoms with E-state index in [-0.39, 0.29) is 0 Å². The topological polar surface area (TPSA) is 0 Å². The highest BCUT2D eigenvalue weighted by Crippen LogP contribution is 1.76. The third-order valence-electron chi connectivity index (χ3n) is 0.126. The molecule has 24 valence electrons. The lowest BCUT2D eigenvalue weighted by atomic mass is 10.8. The van der Waals surface area contributed by atoms with Crippen LogP contribution in [0.1, 0.15) is 6.92 Å². The van der Waals surface area contributed by atoms with Crippen molar-refractivity contribution in [2.45, 2.75) is 6.92 Å². The van der Waals surface area contributed by atoms with Crippen LogP contribution in [0, 0.1) is 0 Å². The maximum absolute atomic E-state index is 3.07. The highest BCUT2D eigenvalue weighted by Gasteiger charge is 1.36. The first-order valence-electron chi connectivity index (χ1n) is 1.13. The van der Waals surface area contributed by atoms with E-state index in [9.17, 15) is 0 Å². The van der Waals surface area contributed by atoms with E-state index in [2.05, 4.69) is 15.9 Å². The van der Waals surface area contributed by atoms with Crippen molar-refractivity contribution in [2.24, 2.45) is 0 Å². The van der Waals surface area contributed by atoms with Crippen LogP contribution in [0.3, 0.4) is 0 Å². The fourth-order valence-corrected chi connectivity index (χ4v) is 0. The fourth-order valence-electron chi connectivity index (χ4n) is 0. The third-order valence-corrected chi connectivity index (χ3v) is 0.655.